The molecule has 66 valence electrons. The van der Waals surface area contributed by atoms with Crippen LogP contribution in [0, 0.1) is 0 Å². The molecule has 1 aromatic carbocycles. The number of rotatable bonds is 1. The summed E-state index contributed by atoms with van der Waals surface area (Å²) in [6.45, 7) is 2.11. The van der Waals surface area contributed by atoms with Crippen molar-refractivity contribution in [3.63, 3.8) is 0 Å². The van der Waals surface area contributed by atoms with Gasteiger partial charge < -0.3 is 10.3 Å². The molecular formula is C10H11N3. The highest BCUT2D eigenvalue weighted by molar-refractivity contribution is 5.74. The number of aromatic amines is 1. The smallest absolute Gasteiger partial charge is 0.112 e. The van der Waals surface area contributed by atoms with E-state index in [1.165, 1.54) is 0 Å². The fourth-order valence-electron chi connectivity index (χ4n) is 1.65. The number of nitrogens with one attached hydrogen (secondary N) is 2. The van der Waals surface area contributed by atoms with Gasteiger partial charge in [-0.3, -0.25) is 0 Å². The lowest BCUT2D eigenvalue weighted by atomic mass is 10.0. The first kappa shape index (κ1) is 7.09. The highest BCUT2D eigenvalue weighted by atomic mass is 15.0. The van der Waals surface area contributed by atoms with Crippen LogP contribution in [0.4, 0.5) is 0 Å². The van der Waals surface area contributed by atoms with Gasteiger partial charge in [0, 0.05) is 19.0 Å². The summed E-state index contributed by atoms with van der Waals surface area (Å²) in [6.07, 6.45) is 0. The molecule has 13 heavy (non-hydrogen) atoms. The molecule has 3 nitrogen and oxygen atoms in total. The van der Waals surface area contributed by atoms with Gasteiger partial charge in [-0.15, -0.1) is 0 Å². The van der Waals surface area contributed by atoms with Crippen LogP contribution in [0.15, 0.2) is 24.3 Å². The van der Waals surface area contributed by atoms with Crippen molar-refractivity contribution in [3.05, 3.63) is 30.1 Å². The fourth-order valence-corrected chi connectivity index (χ4v) is 1.65. The van der Waals surface area contributed by atoms with Crippen LogP contribution < -0.4 is 5.32 Å². The van der Waals surface area contributed by atoms with Gasteiger partial charge in [-0.25, -0.2) is 4.98 Å². The Balaban J connectivity index is 2.10. The van der Waals surface area contributed by atoms with E-state index < -0.39 is 0 Å². The molecule has 0 aliphatic carbocycles. The standard InChI is InChI=1S/C10H11N3/c1-2-4-9-8(3-1)12-10(13-9)7-5-11-6-7/h1-4,7,11H,5-6H2,(H,12,13). The van der Waals surface area contributed by atoms with Crippen molar-refractivity contribution in [2.45, 2.75) is 5.92 Å². The molecule has 0 unspecified atom stereocenters. The molecule has 2 heterocycles. The van der Waals surface area contributed by atoms with Crippen molar-refractivity contribution in [2.75, 3.05) is 13.1 Å². The third-order valence-electron chi connectivity index (χ3n) is 2.58. The monoisotopic (exact) mass is 173 g/mol. The number of H-pyrrole nitrogens is 1. The maximum Gasteiger partial charge on any atom is 0.112 e. The van der Waals surface area contributed by atoms with E-state index in [1.54, 1.807) is 0 Å². The highest BCUT2D eigenvalue weighted by Gasteiger charge is 2.21. The quantitative estimate of drug-likeness (QED) is 0.681. The molecule has 3 rings (SSSR count). The van der Waals surface area contributed by atoms with Crippen LogP contribution in [0.1, 0.15) is 11.7 Å². The summed E-state index contributed by atoms with van der Waals surface area (Å²) >= 11 is 0. The number of fused-ring (bicyclic) bond motifs is 1. The Morgan fingerprint density at radius 3 is 2.77 bits per heavy atom. The van der Waals surface area contributed by atoms with E-state index in [0.29, 0.717) is 5.92 Å². The predicted octanol–water partition coefficient (Wildman–Crippen LogP) is 1.25. The van der Waals surface area contributed by atoms with E-state index in [2.05, 4.69) is 21.4 Å². The van der Waals surface area contributed by atoms with Gasteiger partial charge in [0.15, 0.2) is 0 Å². The third-order valence-corrected chi connectivity index (χ3v) is 2.58. The second-order valence-corrected chi connectivity index (χ2v) is 3.49. The number of hydrogen-bond donors (Lipinski definition) is 2. The van der Waals surface area contributed by atoms with Crippen LogP contribution in [0.25, 0.3) is 11.0 Å². The molecule has 3 heteroatoms. The first-order valence-electron chi connectivity index (χ1n) is 4.59. The molecule has 1 aromatic heterocycles. The minimum atomic E-state index is 0.590. The van der Waals surface area contributed by atoms with Crippen LogP contribution in [0.5, 0.6) is 0 Å². The average Bonchev–Trinajstić information content (AvgIpc) is 2.43. The highest BCUT2D eigenvalue weighted by Crippen LogP contribution is 2.19. The lowest BCUT2D eigenvalue weighted by Crippen LogP contribution is -2.40. The largest absolute Gasteiger partial charge is 0.342 e. The summed E-state index contributed by atoms with van der Waals surface area (Å²) in [5.41, 5.74) is 2.22. The SMILES string of the molecule is c1ccc2[nH]c(C3CNC3)nc2c1. The van der Waals surface area contributed by atoms with E-state index in [0.717, 1.165) is 29.9 Å². The van der Waals surface area contributed by atoms with Gasteiger partial charge in [0.1, 0.15) is 5.82 Å². The van der Waals surface area contributed by atoms with Gasteiger partial charge in [-0.2, -0.15) is 0 Å². The van der Waals surface area contributed by atoms with Crippen molar-refractivity contribution in [3.8, 4) is 0 Å². The van der Waals surface area contributed by atoms with Crippen molar-refractivity contribution in [1.29, 1.82) is 0 Å². The van der Waals surface area contributed by atoms with Crippen LogP contribution in [-0.2, 0) is 0 Å². The van der Waals surface area contributed by atoms with E-state index in [-0.39, 0.29) is 0 Å². The summed E-state index contributed by atoms with van der Waals surface area (Å²) < 4.78 is 0. The average molecular weight is 173 g/mol. The number of para-hydroxylation sites is 2. The number of benzene rings is 1. The normalized spacial score (nSPS) is 17.5. The zero-order valence-electron chi connectivity index (χ0n) is 7.25. The molecule has 1 saturated heterocycles. The Morgan fingerprint density at radius 2 is 2.08 bits per heavy atom. The van der Waals surface area contributed by atoms with Gasteiger partial charge in [0.05, 0.1) is 11.0 Å². The molecule has 0 bridgehead atoms. The van der Waals surface area contributed by atoms with E-state index in [4.69, 9.17) is 0 Å². The van der Waals surface area contributed by atoms with Crippen molar-refractivity contribution in [2.24, 2.45) is 0 Å². The topological polar surface area (TPSA) is 40.7 Å². The maximum atomic E-state index is 4.54. The lowest BCUT2D eigenvalue weighted by Gasteiger charge is -2.24. The van der Waals surface area contributed by atoms with Crippen LogP contribution in [-0.4, -0.2) is 23.1 Å². The second-order valence-electron chi connectivity index (χ2n) is 3.49. The van der Waals surface area contributed by atoms with Crippen molar-refractivity contribution in [1.82, 2.24) is 15.3 Å². The summed E-state index contributed by atoms with van der Waals surface area (Å²) in [5, 5.41) is 3.24. The Morgan fingerprint density at radius 1 is 1.23 bits per heavy atom. The third kappa shape index (κ3) is 1.04. The Kier molecular flexibility index (Phi) is 1.40. The molecular weight excluding hydrogens is 162 g/mol. The zero-order valence-corrected chi connectivity index (χ0v) is 7.25. The molecule has 0 amide bonds. The van der Waals surface area contributed by atoms with Crippen LogP contribution in [0.3, 0.4) is 0 Å². The van der Waals surface area contributed by atoms with E-state index in [1.807, 2.05) is 18.2 Å². The molecule has 0 atom stereocenters. The maximum absolute atomic E-state index is 4.54. The second kappa shape index (κ2) is 2.57. The van der Waals surface area contributed by atoms with Gasteiger partial charge in [-0.05, 0) is 12.1 Å². The summed E-state index contributed by atoms with van der Waals surface area (Å²) in [5.74, 6) is 1.72. The number of aromatic nitrogens is 2. The van der Waals surface area contributed by atoms with Crippen molar-refractivity contribution < 1.29 is 0 Å². The summed E-state index contributed by atoms with van der Waals surface area (Å²) in [4.78, 5) is 7.89. The van der Waals surface area contributed by atoms with Crippen LogP contribution >= 0.6 is 0 Å². The number of nitrogens with zero attached hydrogens (tertiary/aromatic N) is 1. The molecule has 1 fully saturated rings. The molecule has 2 N–H and O–H groups in total. The minimum Gasteiger partial charge on any atom is -0.342 e. The van der Waals surface area contributed by atoms with Crippen molar-refractivity contribution >= 4 is 11.0 Å². The molecule has 0 radical (unpaired) electrons. The molecule has 1 aliphatic heterocycles. The Hall–Kier alpha value is -1.35. The fraction of sp³-hybridized carbons (Fsp3) is 0.300. The first-order valence-corrected chi connectivity index (χ1v) is 4.59. The van der Waals surface area contributed by atoms with E-state index in [9.17, 15) is 0 Å². The molecule has 0 saturated carbocycles. The molecule has 0 spiro atoms. The predicted molar refractivity (Wildman–Crippen MR) is 51.7 cm³/mol. The summed E-state index contributed by atoms with van der Waals surface area (Å²) in [6, 6.07) is 8.16. The number of hydrogen-bond acceptors (Lipinski definition) is 2. The minimum absolute atomic E-state index is 0.590. The Bertz CT molecular complexity index is 395. The van der Waals surface area contributed by atoms with E-state index >= 15 is 0 Å². The lowest BCUT2D eigenvalue weighted by molar-refractivity contribution is 0.433. The van der Waals surface area contributed by atoms with Crippen LogP contribution in [0.2, 0.25) is 0 Å². The molecule has 1 aliphatic rings. The summed E-state index contributed by atoms with van der Waals surface area (Å²) in [7, 11) is 0. The first-order chi connectivity index (χ1) is 6.43. The van der Waals surface area contributed by atoms with Gasteiger partial charge in [0.2, 0.25) is 0 Å². The number of imidazole rings is 1. The Labute approximate surface area is 76.2 Å². The van der Waals surface area contributed by atoms with Gasteiger partial charge in [-0.1, -0.05) is 12.1 Å². The molecule has 2 aromatic rings. The van der Waals surface area contributed by atoms with Gasteiger partial charge in [0.25, 0.3) is 0 Å². The zero-order chi connectivity index (χ0) is 8.67. The van der Waals surface area contributed by atoms with Gasteiger partial charge >= 0.3 is 0 Å².